The van der Waals surface area contributed by atoms with E-state index in [1.54, 1.807) is 25.3 Å². The molecule has 5 nitrogen and oxygen atoms in total. The van der Waals surface area contributed by atoms with Crippen molar-refractivity contribution in [3.8, 4) is 17.7 Å². The molecule has 0 saturated carbocycles. The van der Waals surface area contributed by atoms with E-state index in [1.807, 2.05) is 38.1 Å². The van der Waals surface area contributed by atoms with E-state index in [2.05, 4.69) is 16.0 Å². The molecule has 136 valence electrons. The Bertz CT molecular complexity index is 1050. The van der Waals surface area contributed by atoms with Crippen LogP contribution in [0.3, 0.4) is 0 Å². The molecule has 1 atom stereocenters. The van der Waals surface area contributed by atoms with Crippen molar-refractivity contribution in [2.75, 3.05) is 0 Å². The Labute approximate surface area is 162 Å². The van der Waals surface area contributed by atoms with Crippen molar-refractivity contribution < 1.29 is 9.53 Å². The first kappa shape index (κ1) is 18.7. The Kier molecular flexibility index (Phi) is 5.63. The minimum absolute atomic E-state index is 0.176. The summed E-state index contributed by atoms with van der Waals surface area (Å²) in [5.74, 6) is 1.25. The van der Waals surface area contributed by atoms with Gasteiger partial charge in [-0.1, -0.05) is 19.1 Å². The largest absolute Gasteiger partial charge is 0.438 e. The van der Waals surface area contributed by atoms with E-state index in [9.17, 15) is 10.1 Å². The van der Waals surface area contributed by atoms with E-state index < -0.39 is 0 Å². The average molecular weight is 377 g/mol. The molecule has 0 spiro atoms. The van der Waals surface area contributed by atoms with Crippen LogP contribution in [-0.2, 0) is 4.79 Å². The highest BCUT2D eigenvalue weighted by molar-refractivity contribution is 7.18. The van der Waals surface area contributed by atoms with Gasteiger partial charge in [-0.25, -0.2) is 9.97 Å². The molecule has 0 aliphatic rings. The fourth-order valence-electron chi connectivity index (χ4n) is 2.74. The molecule has 0 radical (unpaired) electrons. The van der Waals surface area contributed by atoms with Crippen LogP contribution in [0.15, 0.2) is 36.5 Å². The third-order valence-electron chi connectivity index (χ3n) is 3.94. The molecule has 0 aliphatic heterocycles. The van der Waals surface area contributed by atoms with Gasteiger partial charge in [0.15, 0.2) is 0 Å². The summed E-state index contributed by atoms with van der Waals surface area (Å²) in [5.41, 5.74) is 2.20. The normalized spacial score (nSPS) is 12.2. The summed E-state index contributed by atoms with van der Waals surface area (Å²) in [6, 6.07) is 9.46. The van der Waals surface area contributed by atoms with E-state index in [1.165, 1.54) is 11.3 Å². The van der Waals surface area contributed by atoms with Gasteiger partial charge in [0.2, 0.25) is 5.88 Å². The quantitative estimate of drug-likeness (QED) is 0.583. The Morgan fingerprint density at radius 1 is 1.37 bits per heavy atom. The smallest absolute Gasteiger partial charge is 0.219 e. The van der Waals surface area contributed by atoms with Crippen LogP contribution in [0.1, 0.15) is 36.4 Å². The molecule has 0 unspecified atom stereocenters. The van der Waals surface area contributed by atoms with Gasteiger partial charge in [0.1, 0.15) is 23.2 Å². The van der Waals surface area contributed by atoms with Crippen molar-refractivity contribution >= 4 is 33.4 Å². The number of carbonyl (C=O) groups excluding carboxylic acids is 1. The van der Waals surface area contributed by atoms with Crippen LogP contribution < -0.4 is 4.74 Å². The van der Waals surface area contributed by atoms with Crippen molar-refractivity contribution in [3.63, 3.8) is 0 Å². The second-order valence-electron chi connectivity index (χ2n) is 6.41. The summed E-state index contributed by atoms with van der Waals surface area (Å²) >= 11 is 1.48. The Hall–Kier alpha value is -3.04. The molecule has 0 fully saturated rings. The predicted octanol–water partition coefficient (Wildman–Crippen LogP) is 5.29. The van der Waals surface area contributed by atoms with Gasteiger partial charge < -0.3 is 9.53 Å². The zero-order valence-electron chi connectivity index (χ0n) is 15.4. The van der Waals surface area contributed by atoms with E-state index in [0.29, 0.717) is 23.6 Å². The third-order valence-corrected chi connectivity index (χ3v) is 4.94. The molecule has 1 aromatic carbocycles. The fraction of sp³-hybridized carbons (Fsp3) is 0.238. The number of ether oxygens (including phenoxy) is 1. The molecule has 0 N–H and O–H groups in total. The van der Waals surface area contributed by atoms with Gasteiger partial charge in [-0.2, -0.15) is 5.26 Å². The first-order chi connectivity index (χ1) is 13.0. The number of rotatable bonds is 6. The van der Waals surface area contributed by atoms with Crippen molar-refractivity contribution in [2.45, 2.75) is 27.2 Å². The van der Waals surface area contributed by atoms with Gasteiger partial charge in [-0.15, -0.1) is 11.3 Å². The van der Waals surface area contributed by atoms with Gasteiger partial charge in [0.25, 0.3) is 0 Å². The van der Waals surface area contributed by atoms with E-state index >= 15 is 0 Å². The van der Waals surface area contributed by atoms with Crippen molar-refractivity contribution in [1.29, 1.82) is 5.26 Å². The van der Waals surface area contributed by atoms with Crippen LogP contribution >= 0.6 is 11.3 Å². The number of allylic oxidation sites excluding steroid dienone is 1. The molecule has 3 rings (SSSR count). The lowest BCUT2D eigenvalue weighted by Crippen LogP contribution is -1.97. The second kappa shape index (κ2) is 8.11. The monoisotopic (exact) mass is 377 g/mol. The highest BCUT2D eigenvalue weighted by Gasteiger charge is 2.13. The highest BCUT2D eigenvalue weighted by atomic mass is 32.1. The number of hydrogen-bond acceptors (Lipinski definition) is 6. The standard InChI is InChI=1S/C21H19N3O2S/c1-13(10-14(2)25)4-5-16-6-9-20(23-12-16)26-19-8-7-18-21(17(19)11-22)27-15(3)24-18/h4-9,12-13H,10H2,1-3H3/b5-4+/t13-/m0/s1. The second-order valence-corrected chi connectivity index (χ2v) is 7.61. The molecular weight excluding hydrogens is 358 g/mol. The minimum Gasteiger partial charge on any atom is -0.438 e. The number of fused-ring (bicyclic) bond motifs is 1. The number of nitriles is 1. The Balaban J connectivity index is 1.77. The van der Waals surface area contributed by atoms with Gasteiger partial charge in [-0.05, 0) is 43.5 Å². The van der Waals surface area contributed by atoms with Crippen LogP contribution in [-0.4, -0.2) is 15.8 Å². The molecule has 3 aromatic rings. The first-order valence-corrected chi connectivity index (χ1v) is 9.39. The zero-order chi connectivity index (χ0) is 19.4. The van der Waals surface area contributed by atoms with Crippen LogP contribution in [0.2, 0.25) is 0 Å². The van der Waals surface area contributed by atoms with Gasteiger partial charge >= 0.3 is 0 Å². The molecule has 0 saturated heterocycles. The number of aryl methyl sites for hydroxylation is 1. The summed E-state index contributed by atoms with van der Waals surface area (Å²) in [6.45, 7) is 5.51. The molecule has 0 amide bonds. The lowest BCUT2D eigenvalue weighted by molar-refractivity contribution is -0.117. The number of aromatic nitrogens is 2. The zero-order valence-corrected chi connectivity index (χ0v) is 16.2. The molecule has 27 heavy (non-hydrogen) atoms. The summed E-state index contributed by atoms with van der Waals surface area (Å²) in [6.07, 6.45) is 6.17. The topological polar surface area (TPSA) is 75.9 Å². The van der Waals surface area contributed by atoms with Crippen molar-refractivity contribution in [2.24, 2.45) is 5.92 Å². The van der Waals surface area contributed by atoms with Crippen LogP contribution in [0.25, 0.3) is 16.3 Å². The third kappa shape index (κ3) is 4.57. The minimum atomic E-state index is 0.176. The molecular formula is C21H19N3O2S. The number of ketones is 1. The number of benzene rings is 1. The van der Waals surface area contributed by atoms with Crippen molar-refractivity contribution in [1.82, 2.24) is 9.97 Å². The van der Waals surface area contributed by atoms with Crippen LogP contribution in [0, 0.1) is 24.2 Å². The number of Topliss-reactive ketones (excluding diaryl/α,β-unsaturated/α-hetero) is 1. The molecule has 0 aliphatic carbocycles. The number of hydrogen-bond donors (Lipinski definition) is 0. The van der Waals surface area contributed by atoms with E-state index in [0.717, 1.165) is 20.8 Å². The fourth-order valence-corrected chi connectivity index (χ4v) is 3.64. The lowest BCUT2D eigenvalue weighted by Gasteiger charge is -2.07. The predicted molar refractivity (Wildman–Crippen MR) is 107 cm³/mol. The van der Waals surface area contributed by atoms with Crippen molar-refractivity contribution in [3.05, 3.63) is 52.7 Å². The van der Waals surface area contributed by atoms with Gasteiger partial charge in [0, 0.05) is 18.7 Å². The first-order valence-electron chi connectivity index (χ1n) is 8.58. The molecule has 2 heterocycles. The summed E-state index contributed by atoms with van der Waals surface area (Å²) in [4.78, 5) is 19.8. The molecule has 0 bridgehead atoms. The summed E-state index contributed by atoms with van der Waals surface area (Å²) < 4.78 is 6.65. The maximum absolute atomic E-state index is 11.1. The number of carbonyl (C=O) groups is 1. The van der Waals surface area contributed by atoms with Crippen LogP contribution in [0.4, 0.5) is 0 Å². The number of nitrogens with zero attached hydrogens (tertiary/aromatic N) is 3. The lowest BCUT2D eigenvalue weighted by atomic mass is 10.0. The SMILES string of the molecule is CC(=O)C[C@@H](C)/C=C/c1ccc(Oc2ccc3nc(C)sc3c2C#N)nc1. The number of thiazole rings is 1. The Morgan fingerprint density at radius 3 is 2.85 bits per heavy atom. The maximum atomic E-state index is 11.1. The highest BCUT2D eigenvalue weighted by Crippen LogP contribution is 2.33. The summed E-state index contributed by atoms with van der Waals surface area (Å²) in [5, 5.41) is 10.4. The van der Waals surface area contributed by atoms with Gasteiger partial charge in [0.05, 0.1) is 15.2 Å². The Morgan fingerprint density at radius 2 is 2.19 bits per heavy atom. The van der Waals surface area contributed by atoms with Crippen LogP contribution in [0.5, 0.6) is 11.6 Å². The molecule has 6 heteroatoms. The average Bonchev–Trinajstić information content (AvgIpc) is 3.01. The summed E-state index contributed by atoms with van der Waals surface area (Å²) in [7, 11) is 0. The van der Waals surface area contributed by atoms with Gasteiger partial charge in [-0.3, -0.25) is 0 Å². The number of pyridine rings is 1. The van der Waals surface area contributed by atoms with E-state index in [4.69, 9.17) is 4.74 Å². The maximum Gasteiger partial charge on any atom is 0.219 e. The molecule has 2 aromatic heterocycles. The van der Waals surface area contributed by atoms with E-state index in [-0.39, 0.29) is 11.7 Å².